The summed E-state index contributed by atoms with van der Waals surface area (Å²) in [6.07, 6.45) is 5.68. The van der Waals surface area contributed by atoms with Crippen molar-refractivity contribution in [2.45, 2.75) is 20.3 Å². The van der Waals surface area contributed by atoms with Crippen molar-refractivity contribution in [3.8, 4) is 11.5 Å². The standard InChI is InChI=1S/C24H25N3O3/c1-3-19-14-18(2)15-23(16-19)30-13-12-29-22-6-4-20(5-7-22)17-26-27-24(28)21-8-10-25-11-9-21/h4-11,14-17H,3,12-13H2,1-2H3,(H,27,28)/b26-17-. The molecule has 0 spiro atoms. The average Bonchev–Trinajstić information content (AvgIpc) is 2.78. The molecular formula is C24H25N3O3. The van der Waals surface area contributed by atoms with Crippen LogP contribution in [0.3, 0.4) is 0 Å². The van der Waals surface area contributed by atoms with Gasteiger partial charge in [0, 0.05) is 18.0 Å². The number of aromatic nitrogens is 1. The average molecular weight is 403 g/mol. The van der Waals surface area contributed by atoms with Crippen LogP contribution in [-0.2, 0) is 6.42 Å². The van der Waals surface area contributed by atoms with E-state index in [9.17, 15) is 4.79 Å². The molecule has 0 atom stereocenters. The molecule has 0 fully saturated rings. The van der Waals surface area contributed by atoms with Gasteiger partial charge in [0.1, 0.15) is 24.7 Å². The first-order valence-corrected chi connectivity index (χ1v) is 9.83. The first-order chi connectivity index (χ1) is 14.6. The summed E-state index contributed by atoms with van der Waals surface area (Å²) >= 11 is 0. The predicted octanol–water partition coefficient (Wildman–Crippen LogP) is 4.17. The van der Waals surface area contributed by atoms with Gasteiger partial charge in [0.25, 0.3) is 5.91 Å². The van der Waals surface area contributed by atoms with Gasteiger partial charge < -0.3 is 9.47 Å². The Morgan fingerprint density at radius 3 is 2.40 bits per heavy atom. The van der Waals surface area contributed by atoms with E-state index in [0.717, 1.165) is 23.5 Å². The van der Waals surface area contributed by atoms with Crippen molar-refractivity contribution in [3.05, 3.63) is 89.2 Å². The molecule has 0 aliphatic rings. The molecule has 1 heterocycles. The lowest BCUT2D eigenvalue weighted by molar-refractivity contribution is 0.0955. The number of nitrogens with zero attached hydrogens (tertiary/aromatic N) is 2. The van der Waals surface area contributed by atoms with Crippen molar-refractivity contribution < 1.29 is 14.3 Å². The van der Waals surface area contributed by atoms with Crippen LogP contribution in [0.1, 0.15) is 34.0 Å². The van der Waals surface area contributed by atoms with Crippen LogP contribution in [0.2, 0.25) is 0 Å². The molecule has 0 aliphatic heterocycles. The van der Waals surface area contributed by atoms with Gasteiger partial charge in [-0.25, -0.2) is 5.43 Å². The Morgan fingerprint density at radius 1 is 1.00 bits per heavy atom. The van der Waals surface area contributed by atoms with Gasteiger partial charge in [0.05, 0.1) is 6.21 Å². The number of amides is 1. The summed E-state index contributed by atoms with van der Waals surface area (Å²) in [6, 6.07) is 17.0. The summed E-state index contributed by atoms with van der Waals surface area (Å²) in [5.74, 6) is 1.33. The van der Waals surface area contributed by atoms with E-state index in [-0.39, 0.29) is 5.91 Å². The minimum absolute atomic E-state index is 0.284. The summed E-state index contributed by atoms with van der Waals surface area (Å²) in [5, 5.41) is 3.97. The third-order valence-corrected chi connectivity index (χ3v) is 4.34. The Hall–Kier alpha value is -3.67. The number of aryl methyl sites for hydroxylation is 2. The summed E-state index contributed by atoms with van der Waals surface area (Å²) in [7, 11) is 0. The minimum Gasteiger partial charge on any atom is -0.490 e. The summed E-state index contributed by atoms with van der Waals surface area (Å²) in [4.78, 5) is 15.8. The van der Waals surface area contributed by atoms with E-state index < -0.39 is 0 Å². The van der Waals surface area contributed by atoms with E-state index in [1.165, 1.54) is 11.1 Å². The molecule has 6 heteroatoms. The largest absolute Gasteiger partial charge is 0.490 e. The number of hydrogen-bond acceptors (Lipinski definition) is 5. The zero-order valence-electron chi connectivity index (χ0n) is 17.2. The molecule has 1 N–H and O–H groups in total. The Morgan fingerprint density at radius 2 is 1.70 bits per heavy atom. The monoisotopic (exact) mass is 403 g/mol. The molecule has 1 amide bonds. The number of pyridine rings is 1. The highest BCUT2D eigenvalue weighted by Gasteiger charge is 2.02. The highest BCUT2D eigenvalue weighted by molar-refractivity contribution is 5.94. The van der Waals surface area contributed by atoms with Gasteiger partial charge in [-0.1, -0.05) is 13.0 Å². The fraction of sp³-hybridized carbons (Fsp3) is 0.208. The maximum atomic E-state index is 11.9. The second-order valence-corrected chi connectivity index (χ2v) is 6.71. The maximum Gasteiger partial charge on any atom is 0.271 e. The van der Waals surface area contributed by atoms with E-state index in [0.29, 0.717) is 18.8 Å². The highest BCUT2D eigenvalue weighted by Crippen LogP contribution is 2.17. The quantitative estimate of drug-likeness (QED) is 0.331. The fourth-order valence-corrected chi connectivity index (χ4v) is 2.81. The predicted molar refractivity (Wildman–Crippen MR) is 117 cm³/mol. The molecule has 0 aliphatic carbocycles. The van der Waals surface area contributed by atoms with Crippen molar-refractivity contribution in [2.75, 3.05) is 13.2 Å². The zero-order valence-corrected chi connectivity index (χ0v) is 17.2. The van der Waals surface area contributed by atoms with Crippen molar-refractivity contribution in [2.24, 2.45) is 5.10 Å². The van der Waals surface area contributed by atoms with E-state index in [1.807, 2.05) is 30.3 Å². The number of benzene rings is 2. The Balaban J connectivity index is 1.42. The third kappa shape index (κ3) is 6.44. The molecule has 0 saturated heterocycles. The summed E-state index contributed by atoms with van der Waals surface area (Å²) in [5.41, 5.74) is 6.30. The van der Waals surface area contributed by atoms with Gasteiger partial charge in [-0.05, 0) is 78.6 Å². The molecule has 6 nitrogen and oxygen atoms in total. The minimum atomic E-state index is -0.284. The Labute approximate surface area is 176 Å². The van der Waals surface area contributed by atoms with Gasteiger partial charge in [-0.15, -0.1) is 0 Å². The molecule has 0 unspecified atom stereocenters. The first-order valence-electron chi connectivity index (χ1n) is 9.83. The summed E-state index contributed by atoms with van der Waals surface area (Å²) in [6.45, 7) is 5.12. The van der Waals surface area contributed by atoms with Crippen LogP contribution in [-0.4, -0.2) is 30.3 Å². The van der Waals surface area contributed by atoms with Crippen LogP contribution in [0.4, 0.5) is 0 Å². The van der Waals surface area contributed by atoms with Gasteiger partial charge >= 0.3 is 0 Å². The van der Waals surface area contributed by atoms with E-state index >= 15 is 0 Å². The van der Waals surface area contributed by atoms with Crippen LogP contribution >= 0.6 is 0 Å². The number of rotatable bonds is 9. The Bertz CT molecular complexity index is 986. The van der Waals surface area contributed by atoms with Gasteiger partial charge in [0.2, 0.25) is 0 Å². The second kappa shape index (κ2) is 10.8. The first kappa shape index (κ1) is 21.0. The molecule has 154 valence electrons. The smallest absolute Gasteiger partial charge is 0.271 e. The van der Waals surface area contributed by atoms with Crippen molar-refractivity contribution in [1.29, 1.82) is 0 Å². The van der Waals surface area contributed by atoms with Crippen LogP contribution in [0.5, 0.6) is 11.5 Å². The highest BCUT2D eigenvalue weighted by atomic mass is 16.5. The molecule has 3 aromatic rings. The van der Waals surface area contributed by atoms with E-state index in [4.69, 9.17) is 9.47 Å². The number of hydrogen-bond donors (Lipinski definition) is 1. The number of ether oxygens (including phenoxy) is 2. The van der Waals surface area contributed by atoms with Crippen molar-refractivity contribution in [3.63, 3.8) is 0 Å². The number of nitrogens with one attached hydrogen (secondary N) is 1. The van der Waals surface area contributed by atoms with Crippen LogP contribution in [0, 0.1) is 6.92 Å². The van der Waals surface area contributed by atoms with Crippen LogP contribution in [0.15, 0.2) is 72.1 Å². The lowest BCUT2D eigenvalue weighted by Crippen LogP contribution is -2.17. The van der Waals surface area contributed by atoms with E-state index in [2.05, 4.69) is 41.5 Å². The van der Waals surface area contributed by atoms with Gasteiger partial charge in [0.15, 0.2) is 0 Å². The number of carbonyl (C=O) groups excluding carboxylic acids is 1. The third-order valence-electron chi connectivity index (χ3n) is 4.34. The topological polar surface area (TPSA) is 72.8 Å². The second-order valence-electron chi connectivity index (χ2n) is 6.71. The fourth-order valence-electron chi connectivity index (χ4n) is 2.81. The van der Waals surface area contributed by atoms with Crippen LogP contribution < -0.4 is 14.9 Å². The molecule has 2 aromatic carbocycles. The molecule has 0 saturated carbocycles. The number of carbonyl (C=O) groups is 1. The lowest BCUT2D eigenvalue weighted by atomic mass is 10.1. The van der Waals surface area contributed by atoms with Crippen molar-refractivity contribution >= 4 is 12.1 Å². The lowest BCUT2D eigenvalue weighted by Gasteiger charge is -2.10. The molecule has 0 radical (unpaired) electrons. The zero-order chi connectivity index (χ0) is 21.2. The molecule has 3 rings (SSSR count). The van der Waals surface area contributed by atoms with Crippen molar-refractivity contribution in [1.82, 2.24) is 10.4 Å². The molecule has 30 heavy (non-hydrogen) atoms. The van der Waals surface area contributed by atoms with E-state index in [1.54, 1.807) is 30.7 Å². The molecular weight excluding hydrogens is 378 g/mol. The Kier molecular flexibility index (Phi) is 7.55. The summed E-state index contributed by atoms with van der Waals surface area (Å²) < 4.78 is 11.5. The SMILES string of the molecule is CCc1cc(C)cc(OCCOc2ccc(/C=N\NC(=O)c3ccncc3)cc2)c1. The van der Waals surface area contributed by atoms with Gasteiger partial charge in [-0.3, -0.25) is 9.78 Å². The molecule has 1 aromatic heterocycles. The maximum absolute atomic E-state index is 11.9. The molecule has 0 bridgehead atoms. The number of hydrazone groups is 1. The normalized spacial score (nSPS) is 10.7. The van der Waals surface area contributed by atoms with Gasteiger partial charge in [-0.2, -0.15) is 5.10 Å². The van der Waals surface area contributed by atoms with Crippen LogP contribution in [0.25, 0.3) is 0 Å².